The van der Waals surface area contributed by atoms with Gasteiger partial charge in [-0.15, -0.1) is 0 Å². The summed E-state index contributed by atoms with van der Waals surface area (Å²) in [7, 11) is 0. The first-order valence-electron chi connectivity index (χ1n) is 7.61. The summed E-state index contributed by atoms with van der Waals surface area (Å²) in [4.78, 5) is 6.77. The summed E-state index contributed by atoms with van der Waals surface area (Å²) in [6.45, 7) is 6.85. The van der Waals surface area contributed by atoms with Crippen LogP contribution in [0, 0.1) is 0 Å². The summed E-state index contributed by atoms with van der Waals surface area (Å²) in [6.07, 6.45) is 6.53. The van der Waals surface area contributed by atoms with E-state index >= 15 is 0 Å². The highest BCUT2D eigenvalue weighted by molar-refractivity contribution is 5.84. The van der Waals surface area contributed by atoms with Crippen LogP contribution in [0.1, 0.15) is 25.3 Å². The lowest BCUT2D eigenvalue weighted by molar-refractivity contribution is 0.252. The Balaban J connectivity index is 1.59. The SMILES string of the molecule is CC(CNCc1cccc2cnccc12)N1CCCC1. The van der Waals surface area contributed by atoms with Gasteiger partial charge in [-0.05, 0) is 49.9 Å². The molecule has 3 heteroatoms. The van der Waals surface area contributed by atoms with E-state index in [0.717, 1.165) is 13.1 Å². The van der Waals surface area contributed by atoms with Crippen molar-refractivity contribution in [1.82, 2.24) is 15.2 Å². The van der Waals surface area contributed by atoms with E-state index in [9.17, 15) is 0 Å². The van der Waals surface area contributed by atoms with Gasteiger partial charge < -0.3 is 5.32 Å². The van der Waals surface area contributed by atoms with E-state index in [1.165, 1.54) is 42.3 Å². The van der Waals surface area contributed by atoms with Crippen molar-refractivity contribution in [2.24, 2.45) is 0 Å². The Morgan fingerprint density at radius 3 is 2.95 bits per heavy atom. The number of hydrogen-bond acceptors (Lipinski definition) is 3. The second-order valence-corrected chi connectivity index (χ2v) is 5.74. The smallest absolute Gasteiger partial charge is 0.0346 e. The van der Waals surface area contributed by atoms with Crippen LogP contribution in [0.15, 0.2) is 36.7 Å². The molecule has 2 aromatic rings. The summed E-state index contributed by atoms with van der Waals surface area (Å²) < 4.78 is 0. The lowest BCUT2D eigenvalue weighted by atomic mass is 10.1. The van der Waals surface area contributed by atoms with E-state index in [1.54, 1.807) is 0 Å². The number of rotatable bonds is 5. The molecule has 0 bridgehead atoms. The number of nitrogens with one attached hydrogen (secondary N) is 1. The minimum Gasteiger partial charge on any atom is -0.311 e. The number of likely N-dealkylation sites (tertiary alicyclic amines) is 1. The number of hydrogen-bond donors (Lipinski definition) is 1. The maximum absolute atomic E-state index is 4.19. The molecule has 0 radical (unpaired) electrons. The molecule has 106 valence electrons. The monoisotopic (exact) mass is 269 g/mol. The molecule has 0 amide bonds. The Morgan fingerprint density at radius 1 is 1.25 bits per heavy atom. The zero-order chi connectivity index (χ0) is 13.8. The number of aromatic nitrogens is 1. The molecule has 1 aromatic carbocycles. The van der Waals surface area contributed by atoms with Gasteiger partial charge in [0.25, 0.3) is 0 Å². The topological polar surface area (TPSA) is 28.2 Å². The van der Waals surface area contributed by atoms with Gasteiger partial charge in [0, 0.05) is 36.9 Å². The van der Waals surface area contributed by atoms with E-state index in [-0.39, 0.29) is 0 Å². The molecular formula is C17H23N3. The van der Waals surface area contributed by atoms with Crippen molar-refractivity contribution >= 4 is 10.8 Å². The molecule has 3 nitrogen and oxygen atoms in total. The number of benzene rings is 1. The number of nitrogens with zero attached hydrogens (tertiary/aromatic N) is 2. The van der Waals surface area contributed by atoms with Crippen molar-refractivity contribution in [2.75, 3.05) is 19.6 Å². The number of pyridine rings is 1. The van der Waals surface area contributed by atoms with Gasteiger partial charge >= 0.3 is 0 Å². The second-order valence-electron chi connectivity index (χ2n) is 5.74. The van der Waals surface area contributed by atoms with Crippen LogP contribution in [-0.4, -0.2) is 35.6 Å². The largest absolute Gasteiger partial charge is 0.311 e. The molecule has 1 saturated heterocycles. The van der Waals surface area contributed by atoms with E-state index in [1.807, 2.05) is 12.4 Å². The van der Waals surface area contributed by atoms with Crippen LogP contribution >= 0.6 is 0 Å². The fourth-order valence-corrected chi connectivity index (χ4v) is 3.07. The summed E-state index contributed by atoms with van der Waals surface area (Å²) in [6, 6.07) is 9.18. The molecule has 2 heterocycles. The predicted octanol–water partition coefficient (Wildman–Crippen LogP) is 2.81. The van der Waals surface area contributed by atoms with Crippen LogP contribution in [-0.2, 0) is 6.54 Å². The Morgan fingerprint density at radius 2 is 2.10 bits per heavy atom. The van der Waals surface area contributed by atoms with Crippen LogP contribution in [0.5, 0.6) is 0 Å². The first kappa shape index (κ1) is 13.5. The molecule has 1 fully saturated rings. The summed E-state index contributed by atoms with van der Waals surface area (Å²) >= 11 is 0. The van der Waals surface area contributed by atoms with E-state index in [4.69, 9.17) is 0 Å². The van der Waals surface area contributed by atoms with Crippen molar-refractivity contribution in [3.05, 3.63) is 42.2 Å². The van der Waals surface area contributed by atoms with Gasteiger partial charge in [0.1, 0.15) is 0 Å². The van der Waals surface area contributed by atoms with Crippen LogP contribution in [0.4, 0.5) is 0 Å². The molecule has 3 rings (SSSR count). The summed E-state index contributed by atoms with van der Waals surface area (Å²) in [5, 5.41) is 6.14. The van der Waals surface area contributed by atoms with Crippen LogP contribution < -0.4 is 5.32 Å². The normalized spacial score (nSPS) is 17.6. The molecule has 1 aromatic heterocycles. The van der Waals surface area contributed by atoms with Gasteiger partial charge in [-0.25, -0.2) is 0 Å². The fourth-order valence-electron chi connectivity index (χ4n) is 3.07. The fraction of sp³-hybridized carbons (Fsp3) is 0.471. The Hall–Kier alpha value is -1.45. The quantitative estimate of drug-likeness (QED) is 0.904. The summed E-state index contributed by atoms with van der Waals surface area (Å²) in [5.74, 6) is 0. The van der Waals surface area contributed by atoms with E-state index in [0.29, 0.717) is 6.04 Å². The maximum atomic E-state index is 4.19. The highest BCUT2D eigenvalue weighted by Crippen LogP contribution is 2.17. The van der Waals surface area contributed by atoms with Gasteiger partial charge in [-0.1, -0.05) is 18.2 Å². The molecule has 0 saturated carbocycles. The van der Waals surface area contributed by atoms with Crippen molar-refractivity contribution in [3.63, 3.8) is 0 Å². The van der Waals surface area contributed by atoms with Crippen LogP contribution in [0.3, 0.4) is 0 Å². The average Bonchev–Trinajstić information content (AvgIpc) is 3.02. The van der Waals surface area contributed by atoms with Gasteiger partial charge in [-0.2, -0.15) is 0 Å². The van der Waals surface area contributed by atoms with Gasteiger partial charge in [0.15, 0.2) is 0 Å². The van der Waals surface area contributed by atoms with Gasteiger partial charge in [0.2, 0.25) is 0 Å². The molecule has 1 N–H and O–H groups in total. The third kappa shape index (κ3) is 3.00. The van der Waals surface area contributed by atoms with Crippen molar-refractivity contribution in [2.45, 2.75) is 32.4 Å². The maximum Gasteiger partial charge on any atom is 0.0346 e. The van der Waals surface area contributed by atoms with Gasteiger partial charge in [0.05, 0.1) is 0 Å². The Kier molecular flexibility index (Phi) is 4.28. The van der Waals surface area contributed by atoms with E-state index in [2.05, 4.69) is 46.4 Å². The van der Waals surface area contributed by atoms with Crippen molar-refractivity contribution in [1.29, 1.82) is 0 Å². The molecule has 0 spiro atoms. The first-order chi connectivity index (χ1) is 9.84. The highest BCUT2D eigenvalue weighted by atomic mass is 15.2. The highest BCUT2D eigenvalue weighted by Gasteiger charge is 2.17. The molecule has 1 atom stereocenters. The molecule has 20 heavy (non-hydrogen) atoms. The number of fused-ring (bicyclic) bond motifs is 1. The minimum absolute atomic E-state index is 0.633. The lowest BCUT2D eigenvalue weighted by Crippen LogP contribution is -2.38. The minimum atomic E-state index is 0.633. The first-order valence-corrected chi connectivity index (χ1v) is 7.61. The van der Waals surface area contributed by atoms with Gasteiger partial charge in [-0.3, -0.25) is 9.88 Å². The molecular weight excluding hydrogens is 246 g/mol. The molecule has 1 aliphatic rings. The summed E-state index contributed by atoms with van der Waals surface area (Å²) in [5.41, 5.74) is 1.36. The standard InChI is InChI=1S/C17H23N3/c1-14(20-9-2-3-10-20)11-19-13-16-6-4-5-15-12-18-8-7-17(15)16/h4-8,12,14,19H,2-3,9-11,13H2,1H3. The lowest BCUT2D eigenvalue weighted by Gasteiger charge is -2.24. The predicted molar refractivity (Wildman–Crippen MR) is 83.7 cm³/mol. The Bertz CT molecular complexity index is 556. The Labute approximate surface area is 121 Å². The van der Waals surface area contributed by atoms with Crippen molar-refractivity contribution in [3.8, 4) is 0 Å². The van der Waals surface area contributed by atoms with Crippen molar-refractivity contribution < 1.29 is 0 Å². The second kappa shape index (κ2) is 6.33. The average molecular weight is 269 g/mol. The van der Waals surface area contributed by atoms with E-state index < -0.39 is 0 Å². The third-order valence-corrected chi connectivity index (χ3v) is 4.29. The zero-order valence-corrected chi connectivity index (χ0v) is 12.2. The van der Waals surface area contributed by atoms with Crippen LogP contribution in [0.2, 0.25) is 0 Å². The third-order valence-electron chi connectivity index (χ3n) is 4.29. The molecule has 1 aliphatic heterocycles. The van der Waals surface area contributed by atoms with Crippen LogP contribution in [0.25, 0.3) is 10.8 Å². The molecule has 0 aliphatic carbocycles. The zero-order valence-electron chi connectivity index (χ0n) is 12.2. The molecule has 1 unspecified atom stereocenters.